The zero-order valence-electron chi connectivity index (χ0n) is 29.5. The molecule has 0 aliphatic heterocycles. The molecule has 0 fully saturated rings. The molecular weight excluding hydrogens is 775 g/mol. The van der Waals surface area contributed by atoms with E-state index >= 15 is 0 Å². The van der Waals surface area contributed by atoms with Crippen molar-refractivity contribution < 1.29 is 34.4 Å². The fourth-order valence-electron chi connectivity index (χ4n) is 5.90. The first-order chi connectivity index (χ1) is 22.4. The molecule has 0 spiro atoms. The first-order valence-corrected chi connectivity index (χ1v) is 16.7. The Morgan fingerprint density at radius 3 is 2.12 bits per heavy atom. The Morgan fingerprint density at radius 1 is 0.812 bits per heavy atom. The summed E-state index contributed by atoms with van der Waals surface area (Å²) < 4.78 is 6.21. The maximum absolute atomic E-state index is 12.2. The van der Waals surface area contributed by atoms with Crippen molar-refractivity contribution in [2.75, 3.05) is 0 Å². The second kappa shape index (κ2) is 14.7. The first kappa shape index (κ1) is 36.9. The molecule has 0 aliphatic carbocycles. The quantitative estimate of drug-likeness (QED) is 0.0712. The number of aliphatic hydroxyl groups is 1. The average Bonchev–Trinajstić information content (AvgIpc) is 3.45. The molecule has 0 amide bonds. The van der Waals surface area contributed by atoms with Crippen LogP contribution in [0.15, 0.2) is 70.8 Å². The minimum absolute atomic E-state index is 0. The summed E-state index contributed by atoms with van der Waals surface area (Å²) in [7, 11) is 0. The molecule has 7 heteroatoms. The number of furan rings is 1. The van der Waals surface area contributed by atoms with E-state index in [2.05, 4.69) is 54.4 Å². The van der Waals surface area contributed by atoms with Gasteiger partial charge in [0.25, 0.3) is 0 Å². The molecule has 3 aromatic carbocycles. The largest absolute Gasteiger partial charge is 0.512 e. The van der Waals surface area contributed by atoms with Gasteiger partial charge in [-0.3, -0.25) is 9.78 Å². The number of ketones is 1. The zero-order chi connectivity index (χ0) is 34.1. The van der Waals surface area contributed by atoms with E-state index in [1.54, 1.807) is 0 Å². The summed E-state index contributed by atoms with van der Waals surface area (Å²) in [5.41, 5.74) is 5.56. The number of aryl methyl sites for hydroxylation is 3. The topological polar surface area (TPSA) is 89.1 Å². The fourth-order valence-corrected chi connectivity index (χ4v) is 5.90. The first-order valence-electron chi connectivity index (χ1n) is 16.7. The number of carbonyl (C=O) groups is 1. The molecule has 253 valence electrons. The van der Waals surface area contributed by atoms with Gasteiger partial charge in [-0.1, -0.05) is 82.3 Å². The van der Waals surface area contributed by atoms with Gasteiger partial charge in [-0.05, 0) is 75.4 Å². The third kappa shape index (κ3) is 6.95. The summed E-state index contributed by atoms with van der Waals surface area (Å²) in [6, 6.07) is 22.1. The predicted molar refractivity (Wildman–Crippen MR) is 194 cm³/mol. The monoisotopic (exact) mass is 821 g/mol. The third-order valence-electron chi connectivity index (χ3n) is 10.2. The predicted octanol–water partition coefficient (Wildman–Crippen LogP) is 11.1. The number of nitrogens with zero attached hydrogens (tertiary/aromatic N) is 3. The van der Waals surface area contributed by atoms with E-state index in [0.717, 1.165) is 81.1 Å². The number of allylic oxidation sites excluding steroid dienone is 2. The van der Waals surface area contributed by atoms with E-state index in [1.165, 1.54) is 17.0 Å². The van der Waals surface area contributed by atoms with Gasteiger partial charge in [-0.2, -0.15) is 0 Å². The molecule has 0 atom stereocenters. The Kier molecular flexibility index (Phi) is 11.3. The van der Waals surface area contributed by atoms with E-state index in [9.17, 15) is 9.90 Å². The number of hydrogen-bond donors (Lipinski definition) is 1. The van der Waals surface area contributed by atoms with Crippen LogP contribution < -0.4 is 0 Å². The van der Waals surface area contributed by atoms with Crippen LogP contribution in [0.5, 0.6) is 0 Å². The number of aliphatic hydroxyl groups excluding tert-OH is 1. The molecule has 1 radical (unpaired) electrons. The normalized spacial score (nSPS) is 12.3. The molecule has 6 aromatic rings. The van der Waals surface area contributed by atoms with Crippen molar-refractivity contribution in [3.8, 4) is 11.3 Å². The maximum Gasteiger partial charge on any atom is 0.216 e. The number of hydrogen-bond acceptors (Lipinski definition) is 6. The van der Waals surface area contributed by atoms with Gasteiger partial charge in [-0.15, -0.1) is 18.2 Å². The molecule has 0 unspecified atom stereocenters. The standard InChI is InChI=1S/C26H18N3O.C15H28O2.Ir/c1-14-7-9-17-10-12-20-23(28-16(3)29-24(20)22(17)13-14)21-6-4-5-18-19-11-8-15(2)27-26(19)30-25(18)21;1-7-14(5,8-2)12(16)11-13(17)15(6,9-3)10-4;/h4-5,7-13H,1-3H3;11,16H,7-10H2,1-6H3;/q-1;;/b;12-11-;. The molecular formula is C41H46IrN3O3-. The number of fused-ring (bicyclic) bond motifs is 6. The van der Waals surface area contributed by atoms with Gasteiger partial charge >= 0.3 is 0 Å². The van der Waals surface area contributed by atoms with Crippen LogP contribution in [0, 0.1) is 37.7 Å². The number of pyridine rings is 1. The molecule has 0 saturated carbocycles. The smallest absolute Gasteiger partial charge is 0.216 e. The summed E-state index contributed by atoms with van der Waals surface area (Å²) in [5.74, 6) is 1.01. The number of carbonyl (C=O) groups excluding carboxylic acids is 1. The Bertz CT molecular complexity index is 2140. The summed E-state index contributed by atoms with van der Waals surface area (Å²) in [6.45, 7) is 18.1. The number of benzene rings is 3. The van der Waals surface area contributed by atoms with Crippen LogP contribution >= 0.6 is 0 Å². The van der Waals surface area contributed by atoms with Gasteiger partial charge < -0.3 is 9.52 Å². The van der Waals surface area contributed by atoms with Crippen molar-refractivity contribution in [1.29, 1.82) is 0 Å². The van der Waals surface area contributed by atoms with Crippen LogP contribution in [-0.4, -0.2) is 25.8 Å². The Hall–Kier alpha value is -3.93. The van der Waals surface area contributed by atoms with E-state index in [-0.39, 0.29) is 42.5 Å². The number of rotatable bonds is 8. The second-order valence-corrected chi connectivity index (χ2v) is 13.2. The average molecular weight is 821 g/mol. The van der Waals surface area contributed by atoms with Crippen molar-refractivity contribution in [2.24, 2.45) is 10.8 Å². The second-order valence-electron chi connectivity index (χ2n) is 13.2. The summed E-state index contributed by atoms with van der Waals surface area (Å²) >= 11 is 0. The molecule has 0 saturated heterocycles. The number of aromatic nitrogens is 3. The van der Waals surface area contributed by atoms with Crippen LogP contribution in [0.1, 0.15) is 84.3 Å². The fraction of sp³-hybridized carbons (Fsp3) is 0.366. The Labute approximate surface area is 297 Å². The summed E-state index contributed by atoms with van der Waals surface area (Å²) in [6.07, 6.45) is 4.75. The van der Waals surface area contributed by atoms with E-state index in [4.69, 9.17) is 14.4 Å². The van der Waals surface area contributed by atoms with Crippen LogP contribution in [0.4, 0.5) is 0 Å². The summed E-state index contributed by atoms with van der Waals surface area (Å²) in [5, 5.41) is 15.5. The van der Waals surface area contributed by atoms with E-state index < -0.39 is 0 Å². The molecule has 48 heavy (non-hydrogen) atoms. The van der Waals surface area contributed by atoms with Gasteiger partial charge in [0.15, 0.2) is 5.78 Å². The van der Waals surface area contributed by atoms with Gasteiger partial charge in [0.05, 0.1) is 11.1 Å². The van der Waals surface area contributed by atoms with Crippen LogP contribution in [0.3, 0.4) is 0 Å². The zero-order valence-corrected chi connectivity index (χ0v) is 31.9. The van der Waals surface area contributed by atoms with Gasteiger partial charge in [0.1, 0.15) is 11.6 Å². The molecule has 3 aromatic heterocycles. The van der Waals surface area contributed by atoms with Crippen molar-refractivity contribution in [3.05, 3.63) is 89.6 Å². The molecule has 1 N–H and O–H groups in total. The molecule has 0 aliphatic rings. The van der Waals surface area contributed by atoms with Crippen molar-refractivity contribution in [2.45, 2.75) is 88.0 Å². The van der Waals surface area contributed by atoms with Gasteiger partial charge in [0.2, 0.25) is 5.71 Å². The molecule has 0 bridgehead atoms. The minimum Gasteiger partial charge on any atom is -0.512 e. The van der Waals surface area contributed by atoms with Crippen LogP contribution in [-0.2, 0) is 24.9 Å². The van der Waals surface area contributed by atoms with E-state index in [0.29, 0.717) is 5.71 Å². The van der Waals surface area contributed by atoms with Crippen LogP contribution in [0.2, 0.25) is 0 Å². The minimum atomic E-state index is -0.337. The van der Waals surface area contributed by atoms with Crippen molar-refractivity contribution in [1.82, 2.24) is 15.0 Å². The van der Waals surface area contributed by atoms with Crippen LogP contribution in [0.25, 0.3) is 55.0 Å². The molecule has 6 rings (SSSR count). The van der Waals surface area contributed by atoms with Gasteiger partial charge in [0, 0.05) is 59.2 Å². The van der Waals surface area contributed by atoms with E-state index in [1.807, 2.05) is 73.6 Å². The van der Waals surface area contributed by atoms with Crippen molar-refractivity contribution in [3.63, 3.8) is 0 Å². The Balaban J connectivity index is 0.000000251. The maximum atomic E-state index is 12.2. The van der Waals surface area contributed by atoms with Crippen molar-refractivity contribution >= 4 is 49.5 Å². The molecule has 6 nitrogen and oxygen atoms in total. The molecule has 3 heterocycles. The Morgan fingerprint density at radius 2 is 1.46 bits per heavy atom. The third-order valence-corrected chi connectivity index (χ3v) is 10.2. The summed E-state index contributed by atoms with van der Waals surface area (Å²) in [4.78, 5) is 26.4. The SMILES string of the molecule is CCC(C)(CC)C(=O)/C=C(\O)C(C)(CC)CC.Cc1ccc2ccc3c(-c4[c-]ccc5c4oc4nc(C)ccc45)nc(C)nc3c2c1.[Ir]. The van der Waals surface area contributed by atoms with Gasteiger partial charge in [-0.25, -0.2) is 9.97 Å².